The standard InChI is InChI=1S/C18H37NO/c1-5-9-10-11-12-13-14-20-17-15-16(19-8-4)18(17,6-2)7-3/h16-17,19H,5-15H2,1-4H3. The van der Waals surface area contributed by atoms with Crippen LogP contribution in [0.2, 0.25) is 0 Å². The summed E-state index contributed by atoms with van der Waals surface area (Å²) in [6, 6.07) is 0.678. The van der Waals surface area contributed by atoms with Crippen molar-refractivity contribution in [1.29, 1.82) is 0 Å². The molecule has 0 saturated heterocycles. The number of ether oxygens (including phenoxy) is 1. The average molecular weight is 284 g/mol. The molecule has 1 saturated carbocycles. The molecule has 0 aromatic carbocycles. The van der Waals surface area contributed by atoms with Crippen molar-refractivity contribution in [2.75, 3.05) is 13.2 Å². The first-order valence-corrected chi connectivity index (χ1v) is 9.10. The lowest BCUT2D eigenvalue weighted by Crippen LogP contribution is -2.63. The zero-order chi connectivity index (χ0) is 14.8. The van der Waals surface area contributed by atoms with Gasteiger partial charge in [0.1, 0.15) is 0 Å². The maximum Gasteiger partial charge on any atom is 0.0661 e. The Hall–Kier alpha value is -0.0800. The molecular weight excluding hydrogens is 246 g/mol. The van der Waals surface area contributed by atoms with Crippen LogP contribution in [0.4, 0.5) is 0 Å². The summed E-state index contributed by atoms with van der Waals surface area (Å²) in [7, 11) is 0. The minimum absolute atomic E-state index is 0.401. The Morgan fingerprint density at radius 1 is 0.950 bits per heavy atom. The normalized spacial score (nSPS) is 24.6. The molecule has 0 radical (unpaired) electrons. The number of hydrogen-bond acceptors (Lipinski definition) is 2. The Kier molecular flexibility index (Phi) is 8.79. The average Bonchev–Trinajstić information content (AvgIpc) is 2.45. The zero-order valence-electron chi connectivity index (χ0n) is 14.3. The third-order valence-electron chi connectivity index (χ3n) is 5.37. The first-order valence-electron chi connectivity index (χ1n) is 9.10. The van der Waals surface area contributed by atoms with Gasteiger partial charge in [-0.1, -0.05) is 59.8 Å². The second-order valence-corrected chi connectivity index (χ2v) is 6.41. The summed E-state index contributed by atoms with van der Waals surface area (Å²) < 4.78 is 6.22. The van der Waals surface area contributed by atoms with Gasteiger partial charge in [0, 0.05) is 18.1 Å². The van der Waals surface area contributed by atoms with Gasteiger partial charge in [-0.3, -0.25) is 0 Å². The van der Waals surface area contributed by atoms with Crippen molar-refractivity contribution >= 4 is 0 Å². The highest BCUT2D eigenvalue weighted by Crippen LogP contribution is 2.48. The van der Waals surface area contributed by atoms with Crippen LogP contribution in [0.5, 0.6) is 0 Å². The van der Waals surface area contributed by atoms with Gasteiger partial charge in [-0.2, -0.15) is 0 Å². The Bertz CT molecular complexity index is 238. The van der Waals surface area contributed by atoms with E-state index >= 15 is 0 Å². The van der Waals surface area contributed by atoms with Gasteiger partial charge in [0.2, 0.25) is 0 Å². The highest BCUT2D eigenvalue weighted by atomic mass is 16.5. The van der Waals surface area contributed by atoms with Crippen LogP contribution in [0.15, 0.2) is 0 Å². The van der Waals surface area contributed by atoms with Crippen LogP contribution in [0, 0.1) is 5.41 Å². The highest BCUT2D eigenvalue weighted by Gasteiger charge is 2.52. The van der Waals surface area contributed by atoms with E-state index in [1.54, 1.807) is 0 Å². The summed E-state index contributed by atoms with van der Waals surface area (Å²) in [4.78, 5) is 0. The monoisotopic (exact) mass is 283 g/mol. The fourth-order valence-corrected chi connectivity index (χ4v) is 3.82. The Morgan fingerprint density at radius 3 is 2.20 bits per heavy atom. The second-order valence-electron chi connectivity index (χ2n) is 6.41. The largest absolute Gasteiger partial charge is 0.378 e. The molecule has 0 aromatic heterocycles. The Labute approximate surface area is 127 Å². The van der Waals surface area contributed by atoms with Gasteiger partial charge in [-0.05, 0) is 32.2 Å². The van der Waals surface area contributed by atoms with Crippen LogP contribution in [0.1, 0.15) is 85.5 Å². The summed E-state index contributed by atoms with van der Waals surface area (Å²) in [5.74, 6) is 0. The maximum atomic E-state index is 6.22. The summed E-state index contributed by atoms with van der Waals surface area (Å²) in [6.45, 7) is 11.2. The summed E-state index contributed by atoms with van der Waals surface area (Å²) >= 11 is 0. The maximum absolute atomic E-state index is 6.22. The Balaban J connectivity index is 2.20. The molecule has 1 aliphatic carbocycles. The minimum Gasteiger partial charge on any atom is -0.378 e. The molecule has 1 rings (SSSR count). The van der Waals surface area contributed by atoms with E-state index in [4.69, 9.17) is 4.74 Å². The van der Waals surface area contributed by atoms with E-state index < -0.39 is 0 Å². The summed E-state index contributed by atoms with van der Waals surface area (Å²) in [5.41, 5.74) is 0.401. The second kappa shape index (κ2) is 9.78. The lowest BCUT2D eigenvalue weighted by atomic mass is 9.58. The van der Waals surface area contributed by atoms with Crippen molar-refractivity contribution in [2.24, 2.45) is 5.41 Å². The number of nitrogens with one attached hydrogen (secondary N) is 1. The Morgan fingerprint density at radius 2 is 1.60 bits per heavy atom. The van der Waals surface area contributed by atoms with Crippen LogP contribution in [-0.4, -0.2) is 25.3 Å². The fourth-order valence-electron chi connectivity index (χ4n) is 3.82. The van der Waals surface area contributed by atoms with E-state index in [9.17, 15) is 0 Å². The van der Waals surface area contributed by atoms with E-state index in [2.05, 4.69) is 33.0 Å². The van der Waals surface area contributed by atoms with Crippen molar-refractivity contribution in [2.45, 2.75) is 97.6 Å². The molecule has 2 unspecified atom stereocenters. The van der Waals surface area contributed by atoms with Crippen LogP contribution in [-0.2, 0) is 4.74 Å². The number of hydrogen-bond donors (Lipinski definition) is 1. The van der Waals surface area contributed by atoms with Crippen molar-refractivity contribution < 1.29 is 4.74 Å². The zero-order valence-corrected chi connectivity index (χ0v) is 14.3. The molecule has 0 amide bonds. The predicted molar refractivity (Wildman–Crippen MR) is 88.2 cm³/mol. The molecule has 1 N–H and O–H groups in total. The molecule has 20 heavy (non-hydrogen) atoms. The number of unbranched alkanes of at least 4 members (excludes halogenated alkanes) is 5. The van der Waals surface area contributed by atoms with Crippen LogP contribution in [0.3, 0.4) is 0 Å². The van der Waals surface area contributed by atoms with E-state index in [1.807, 2.05) is 0 Å². The van der Waals surface area contributed by atoms with Gasteiger partial charge < -0.3 is 10.1 Å². The van der Waals surface area contributed by atoms with E-state index in [0.29, 0.717) is 17.6 Å². The molecule has 1 fully saturated rings. The molecular formula is C18H37NO. The number of rotatable bonds is 12. The van der Waals surface area contributed by atoms with Crippen molar-refractivity contribution in [3.8, 4) is 0 Å². The molecule has 0 heterocycles. The van der Waals surface area contributed by atoms with Crippen LogP contribution in [0.25, 0.3) is 0 Å². The summed E-state index contributed by atoms with van der Waals surface area (Å²) in [5, 5.41) is 3.65. The van der Waals surface area contributed by atoms with Crippen LogP contribution < -0.4 is 5.32 Å². The molecule has 0 aliphatic heterocycles. The molecule has 0 aromatic rings. The topological polar surface area (TPSA) is 21.3 Å². The lowest BCUT2D eigenvalue weighted by Gasteiger charge is -2.55. The van der Waals surface area contributed by atoms with E-state index in [0.717, 1.165) is 13.2 Å². The minimum atomic E-state index is 0.401. The van der Waals surface area contributed by atoms with Gasteiger partial charge in [0.05, 0.1) is 6.10 Å². The van der Waals surface area contributed by atoms with Gasteiger partial charge in [0.15, 0.2) is 0 Å². The lowest BCUT2D eigenvalue weighted by molar-refractivity contribution is -0.140. The third-order valence-corrected chi connectivity index (χ3v) is 5.37. The quantitative estimate of drug-likeness (QED) is 0.513. The van der Waals surface area contributed by atoms with Gasteiger partial charge in [-0.25, -0.2) is 0 Å². The van der Waals surface area contributed by atoms with E-state index in [-0.39, 0.29) is 0 Å². The highest BCUT2D eigenvalue weighted by molar-refractivity contribution is 5.06. The molecule has 120 valence electrons. The van der Waals surface area contributed by atoms with Gasteiger partial charge in [-0.15, -0.1) is 0 Å². The molecule has 2 heteroatoms. The third kappa shape index (κ3) is 4.46. The molecule has 0 bridgehead atoms. The van der Waals surface area contributed by atoms with Crippen molar-refractivity contribution in [1.82, 2.24) is 5.32 Å². The summed E-state index contributed by atoms with van der Waals surface area (Å²) in [6.07, 6.45) is 12.3. The van der Waals surface area contributed by atoms with E-state index in [1.165, 1.54) is 57.8 Å². The SMILES string of the molecule is CCCCCCCCOC1CC(NCC)C1(CC)CC. The van der Waals surface area contributed by atoms with Gasteiger partial charge in [0.25, 0.3) is 0 Å². The molecule has 2 atom stereocenters. The fraction of sp³-hybridized carbons (Fsp3) is 1.00. The first kappa shape index (κ1) is 18.0. The molecule has 1 aliphatic rings. The van der Waals surface area contributed by atoms with Gasteiger partial charge >= 0.3 is 0 Å². The smallest absolute Gasteiger partial charge is 0.0661 e. The molecule has 2 nitrogen and oxygen atoms in total. The predicted octanol–water partition coefficient (Wildman–Crippen LogP) is 4.92. The van der Waals surface area contributed by atoms with Crippen molar-refractivity contribution in [3.63, 3.8) is 0 Å². The molecule has 0 spiro atoms. The van der Waals surface area contributed by atoms with Crippen LogP contribution >= 0.6 is 0 Å². The first-order chi connectivity index (χ1) is 9.75. The van der Waals surface area contributed by atoms with Crippen molar-refractivity contribution in [3.05, 3.63) is 0 Å².